The third-order valence-corrected chi connectivity index (χ3v) is 5.64. The fraction of sp³-hybridized carbons (Fsp3) is 0.500. The minimum absolute atomic E-state index is 0.0803. The van der Waals surface area contributed by atoms with Crippen molar-refractivity contribution in [3.63, 3.8) is 0 Å². The summed E-state index contributed by atoms with van der Waals surface area (Å²) in [6.07, 6.45) is 0.534. The largest absolute Gasteiger partial charge is 0.465 e. The number of nitrogen functional groups attached to an aromatic ring is 1. The quantitative estimate of drug-likeness (QED) is 0.646. The summed E-state index contributed by atoms with van der Waals surface area (Å²) >= 11 is 0. The van der Waals surface area contributed by atoms with Crippen molar-refractivity contribution in [3.05, 3.63) is 23.3 Å². The number of sulfone groups is 1. The summed E-state index contributed by atoms with van der Waals surface area (Å²) < 4.78 is 28.0. The number of hydrogen-bond donors (Lipinski definition) is 2. The van der Waals surface area contributed by atoms with E-state index in [1.165, 1.54) is 7.11 Å². The number of nitrogens with two attached hydrogens (primary N) is 1. The Bertz CT molecular complexity index is 684. The molecule has 0 bridgehead atoms. The molecule has 116 valence electrons. The Morgan fingerprint density at radius 1 is 1.43 bits per heavy atom. The lowest BCUT2D eigenvalue weighted by Gasteiger charge is -2.26. The molecule has 1 fully saturated rings. The van der Waals surface area contributed by atoms with Crippen LogP contribution in [0, 0.1) is 6.92 Å². The number of carbonyl (C=O) groups is 1. The van der Waals surface area contributed by atoms with E-state index in [-0.39, 0.29) is 17.1 Å². The van der Waals surface area contributed by atoms with Crippen LogP contribution in [-0.4, -0.2) is 38.5 Å². The van der Waals surface area contributed by atoms with Crippen LogP contribution in [0.15, 0.2) is 12.1 Å². The fourth-order valence-corrected chi connectivity index (χ4v) is 4.70. The Morgan fingerprint density at radius 2 is 2.10 bits per heavy atom. The number of carbonyl (C=O) groups excluding carboxylic acids is 1. The zero-order valence-corrected chi connectivity index (χ0v) is 13.2. The molecule has 1 unspecified atom stereocenters. The highest BCUT2D eigenvalue weighted by Crippen LogP contribution is 2.30. The molecule has 2 rings (SSSR count). The molecule has 0 saturated carbocycles. The molecule has 7 heteroatoms. The smallest absolute Gasteiger partial charge is 0.340 e. The molecule has 3 N–H and O–H groups in total. The van der Waals surface area contributed by atoms with E-state index in [1.807, 2.05) is 6.92 Å². The Morgan fingerprint density at radius 3 is 2.62 bits per heavy atom. The topological polar surface area (TPSA) is 98.5 Å². The minimum atomic E-state index is -3.00. The number of methoxy groups -OCH3 is 1. The molecule has 0 spiro atoms. The monoisotopic (exact) mass is 312 g/mol. The van der Waals surface area contributed by atoms with Gasteiger partial charge < -0.3 is 15.8 Å². The summed E-state index contributed by atoms with van der Waals surface area (Å²) in [5, 5.41) is 3.22. The predicted molar refractivity (Wildman–Crippen MR) is 82.2 cm³/mol. The second-order valence-electron chi connectivity index (χ2n) is 5.77. The second kappa shape index (κ2) is 5.22. The van der Waals surface area contributed by atoms with Crippen molar-refractivity contribution in [2.45, 2.75) is 25.8 Å². The third-order valence-electron chi connectivity index (χ3n) is 3.74. The summed E-state index contributed by atoms with van der Waals surface area (Å²) in [5.41, 5.74) is 7.42. The first-order valence-corrected chi connectivity index (χ1v) is 8.45. The van der Waals surface area contributed by atoms with Crippen molar-refractivity contribution >= 4 is 27.2 Å². The van der Waals surface area contributed by atoms with Crippen LogP contribution in [0.25, 0.3) is 0 Å². The molecule has 1 aromatic rings. The van der Waals surface area contributed by atoms with Gasteiger partial charge in [0.05, 0.1) is 24.2 Å². The SMILES string of the molecule is COC(=O)c1cc(NC2(C)CCS(=O)(=O)C2)cc(C)c1N. The van der Waals surface area contributed by atoms with Gasteiger partial charge in [-0.05, 0) is 38.0 Å². The van der Waals surface area contributed by atoms with Gasteiger partial charge in [-0.15, -0.1) is 0 Å². The van der Waals surface area contributed by atoms with Crippen molar-refractivity contribution in [1.82, 2.24) is 0 Å². The Kier molecular flexibility index (Phi) is 3.88. The van der Waals surface area contributed by atoms with Gasteiger partial charge in [-0.25, -0.2) is 13.2 Å². The molecule has 0 aromatic heterocycles. The van der Waals surface area contributed by atoms with Crippen LogP contribution in [0.4, 0.5) is 11.4 Å². The molecule has 1 heterocycles. The van der Waals surface area contributed by atoms with E-state index in [2.05, 4.69) is 5.32 Å². The van der Waals surface area contributed by atoms with Gasteiger partial charge in [-0.3, -0.25) is 0 Å². The molecule has 21 heavy (non-hydrogen) atoms. The van der Waals surface area contributed by atoms with Crippen LogP contribution in [0.5, 0.6) is 0 Å². The van der Waals surface area contributed by atoms with Crippen molar-refractivity contribution in [3.8, 4) is 0 Å². The maximum Gasteiger partial charge on any atom is 0.340 e. The molecule has 1 atom stereocenters. The van der Waals surface area contributed by atoms with Crippen molar-refractivity contribution in [2.75, 3.05) is 29.7 Å². The normalized spacial score (nSPS) is 23.8. The van der Waals surface area contributed by atoms with Crippen LogP contribution in [0.2, 0.25) is 0 Å². The zero-order chi connectivity index (χ0) is 15.8. The first kappa shape index (κ1) is 15.6. The number of hydrogen-bond acceptors (Lipinski definition) is 6. The average Bonchev–Trinajstić information content (AvgIpc) is 2.66. The van der Waals surface area contributed by atoms with E-state index < -0.39 is 21.3 Å². The van der Waals surface area contributed by atoms with Crippen molar-refractivity contribution < 1.29 is 17.9 Å². The van der Waals surface area contributed by atoms with E-state index in [1.54, 1.807) is 19.1 Å². The van der Waals surface area contributed by atoms with Crippen molar-refractivity contribution in [1.29, 1.82) is 0 Å². The van der Waals surface area contributed by atoms with Crippen LogP contribution in [0.3, 0.4) is 0 Å². The highest BCUT2D eigenvalue weighted by Gasteiger charge is 2.38. The highest BCUT2D eigenvalue weighted by atomic mass is 32.2. The third kappa shape index (κ3) is 3.29. The molecular formula is C14H20N2O4S. The van der Waals surface area contributed by atoms with Gasteiger partial charge in [0.2, 0.25) is 0 Å². The molecule has 1 aliphatic rings. The van der Waals surface area contributed by atoms with E-state index in [0.717, 1.165) is 5.56 Å². The van der Waals surface area contributed by atoms with Gasteiger partial charge in [0.1, 0.15) is 0 Å². The number of aryl methyl sites for hydroxylation is 1. The molecule has 0 amide bonds. The molecule has 6 nitrogen and oxygen atoms in total. The number of benzene rings is 1. The van der Waals surface area contributed by atoms with Gasteiger partial charge in [-0.1, -0.05) is 0 Å². The van der Waals surface area contributed by atoms with Crippen LogP contribution >= 0.6 is 0 Å². The molecule has 1 aliphatic heterocycles. The van der Waals surface area contributed by atoms with Gasteiger partial charge in [0.15, 0.2) is 9.84 Å². The van der Waals surface area contributed by atoms with E-state index in [0.29, 0.717) is 17.8 Å². The van der Waals surface area contributed by atoms with Crippen LogP contribution in [-0.2, 0) is 14.6 Å². The summed E-state index contributed by atoms with van der Waals surface area (Å²) in [6, 6.07) is 3.41. The summed E-state index contributed by atoms with van der Waals surface area (Å²) in [5.74, 6) is -0.255. The maximum absolute atomic E-state index is 11.7. The van der Waals surface area contributed by atoms with Gasteiger partial charge in [-0.2, -0.15) is 0 Å². The van der Waals surface area contributed by atoms with E-state index >= 15 is 0 Å². The Balaban J connectivity index is 2.33. The number of rotatable bonds is 3. The van der Waals surface area contributed by atoms with Crippen LogP contribution in [0.1, 0.15) is 29.3 Å². The fourth-order valence-electron chi connectivity index (χ4n) is 2.61. The van der Waals surface area contributed by atoms with E-state index in [4.69, 9.17) is 10.5 Å². The number of esters is 1. The molecule has 1 saturated heterocycles. The minimum Gasteiger partial charge on any atom is -0.465 e. The van der Waals surface area contributed by atoms with Crippen molar-refractivity contribution in [2.24, 2.45) is 0 Å². The van der Waals surface area contributed by atoms with Gasteiger partial charge in [0, 0.05) is 16.9 Å². The number of ether oxygens (including phenoxy) is 1. The average molecular weight is 312 g/mol. The predicted octanol–water partition coefficient (Wildman–Crippen LogP) is 1.35. The number of nitrogens with one attached hydrogen (secondary N) is 1. The maximum atomic E-state index is 11.7. The van der Waals surface area contributed by atoms with Gasteiger partial charge >= 0.3 is 5.97 Å². The second-order valence-corrected chi connectivity index (χ2v) is 7.96. The van der Waals surface area contributed by atoms with Gasteiger partial charge in [0.25, 0.3) is 0 Å². The standard InChI is InChI=1S/C14H20N2O4S/c1-9-6-10(7-11(12(9)15)13(17)20-3)16-14(2)4-5-21(18,19)8-14/h6-7,16H,4-5,8,15H2,1-3H3. The molecule has 0 radical (unpaired) electrons. The summed E-state index contributed by atoms with van der Waals surface area (Å²) in [7, 11) is -1.71. The Hall–Kier alpha value is -1.76. The van der Waals surface area contributed by atoms with Crippen LogP contribution < -0.4 is 11.1 Å². The molecule has 0 aliphatic carbocycles. The molecular weight excluding hydrogens is 292 g/mol. The Labute approximate surface area is 124 Å². The lowest BCUT2D eigenvalue weighted by atomic mass is 10.00. The first-order valence-electron chi connectivity index (χ1n) is 6.63. The molecule has 1 aromatic carbocycles. The van der Waals surface area contributed by atoms with E-state index in [9.17, 15) is 13.2 Å². The lowest BCUT2D eigenvalue weighted by molar-refractivity contribution is 0.0602. The summed E-state index contributed by atoms with van der Waals surface area (Å²) in [6.45, 7) is 3.65. The number of anilines is 2. The first-order chi connectivity index (χ1) is 9.66. The zero-order valence-electron chi connectivity index (χ0n) is 12.4. The summed E-state index contributed by atoms with van der Waals surface area (Å²) in [4.78, 5) is 11.7. The lowest BCUT2D eigenvalue weighted by Crippen LogP contribution is -2.36. The highest BCUT2D eigenvalue weighted by molar-refractivity contribution is 7.91.